The molecule has 0 bridgehead atoms. The van der Waals surface area contributed by atoms with Crippen molar-refractivity contribution in [3.8, 4) is 22.8 Å². The maximum Gasteiger partial charge on any atom is 0.172 e. The number of para-hydroxylation sites is 1. The predicted octanol–water partition coefficient (Wildman–Crippen LogP) is 4.56. The van der Waals surface area contributed by atoms with Gasteiger partial charge in [0.15, 0.2) is 5.82 Å². The molecule has 1 aromatic heterocycles. The van der Waals surface area contributed by atoms with Crippen molar-refractivity contribution in [1.29, 1.82) is 0 Å². The Labute approximate surface area is 165 Å². The van der Waals surface area contributed by atoms with E-state index in [1.165, 1.54) is 0 Å². The van der Waals surface area contributed by atoms with Crippen molar-refractivity contribution in [2.75, 3.05) is 19.6 Å². The highest BCUT2D eigenvalue weighted by atomic mass is 16.5. The van der Waals surface area contributed by atoms with Gasteiger partial charge in [0.25, 0.3) is 0 Å². The molecular weight excluding hydrogens is 352 g/mol. The third kappa shape index (κ3) is 4.65. The Morgan fingerprint density at radius 3 is 2.36 bits per heavy atom. The van der Waals surface area contributed by atoms with Crippen LogP contribution in [0.25, 0.3) is 11.3 Å². The number of hydrogen-bond donors (Lipinski definition) is 1. The normalized spacial score (nSPS) is 10.3. The summed E-state index contributed by atoms with van der Waals surface area (Å²) in [6, 6.07) is 17.7. The van der Waals surface area contributed by atoms with Crippen LogP contribution in [0, 0.1) is 0 Å². The summed E-state index contributed by atoms with van der Waals surface area (Å²) in [6.45, 7) is 3.85. The predicted molar refractivity (Wildman–Crippen MR) is 112 cm³/mol. The molecule has 0 aliphatic carbocycles. The van der Waals surface area contributed by atoms with Crippen LogP contribution in [0.1, 0.15) is 25.0 Å². The molecule has 1 N–H and O–H groups in total. The van der Waals surface area contributed by atoms with Gasteiger partial charge in [0, 0.05) is 23.3 Å². The average molecular weight is 376 g/mol. The van der Waals surface area contributed by atoms with Gasteiger partial charge in [-0.25, -0.2) is 0 Å². The molecule has 0 aliphatic heterocycles. The molecule has 0 spiro atoms. The van der Waals surface area contributed by atoms with Crippen LogP contribution in [0.3, 0.4) is 0 Å². The summed E-state index contributed by atoms with van der Waals surface area (Å²) in [6.07, 6.45) is 0.642. The Balaban J connectivity index is 2.00. The highest BCUT2D eigenvalue weighted by Gasteiger charge is 2.12. The van der Waals surface area contributed by atoms with Crippen LogP contribution in [0.5, 0.6) is 11.5 Å². The molecule has 28 heavy (non-hydrogen) atoms. The summed E-state index contributed by atoms with van der Waals surface area (Å²) >= 11 is 0. The first kappa shape index (κ1) is 19.4. The van der Waals surface area contributed by atoms with E-state index in [1.807, 2.05) is 68.4 Å². The maximum atomic E-state index is 5.50. The van der Waals surface area contributed by atoms with Gasteiger partial charge in [0.05, 0.1) is 19.9 Å². The first-order valence-corrected chi connectivity index (χ1v) is 9.00. The van der Waals surface area contributed by atoms with E-state index in [9.17, 15) is 0 Å². The van der Waals surface area contributed by atoms with Crippen molar-refractivity contribution in [2.24, 2.45) is 5.10 Å². The van der Waals surface area contributed by atoms with E-state index >= 15 is 0 Å². The van der Waals surface area contributed by atoms with Crippen molar-refractivity contribution in [1.82, 2.24) is 10.2 Å². The van der Waals surface area contributed by atoms with Gasteiger partial charge >= 0.3 is 0 Å². The molecule has 3 rings (SSSR count). The molecule has 0 unspecified atom stereocenters. The van der Waals surface area contributed by atoms with Crippen LogP contribution in [0.15, 0.2) is 59.7 Å². The molecule has 1 heterocycles. The molecule has 2 aromatic carbocycles. The Kier molecular flexibility index (Phi) is 6.22. The third-order valence-corrected chi connectivity index (χ3v) is 4.22. The van der Waals surface area contributed by atoms with Gasteiger partial charge in [-0.15, -0.1) is 10.2 Å². The number of hydrogen-bond acceptors (Lipinski definition) is 6. The number of aromatic nitrogens is 2. The number of nitrogens with one attached hydrogen (secondary N) is 1. The van der Waals surface area contributed by atoms with E-state index in [-0.39, 0.29) is 0 Å². The largest absolute Gasteiger partial charge is 0.497 e. The standard InChI is InChI=1S/C22H24N4O2/c1-15(2)23-25-22-18(13-17-7-5-6-8-21(17)28-4)14-20(24-26-22)16-9-11-19(27-3)12-10-16/h5-12,14H,13H2,1-4H3,(H,25,26). The second-order valence-electron chi connectivity index (χ2n) is 6.49. The van der Waals surface area contributed by atoms with Crippen LogP contribution >= 0.6 is 0 Å². The van der Waals surface area contributed by atoms with Crippen LogP contribution in [0.2, 0.25) is 0 Å². The summed E-state index contributed by atoms with van der Waals surface area (Å²) in [4.78, 5) is 0. The van der Waals surface area contributed by atoms with E-state index in [1.54, 1.807) is 14.2 Å². The lowest BCUT2D eigenvalue weighted by atomic mass is 10.0. The van der Waals surface area contributed by atoms with E-state index in [0.29, 0.717) is 12.2 Å². The van der Waals surface area contributed by atoms with Crippen molar-refractivity contribution in [3.05, 3.63) is 65.7 Å². The molecule has 0 saturated carbocycles. The maximum absolute atomic E-state index is 5.50. The van der Waals surface area contributed by atoms with Crippen LogP contribution in [-0.2, 0) is 6.42 Å². The van der Waals surface area contributed by atoms with Crippen molar-refractivity contribution < 1.29 is 9.47 Å². The lowest BCUT2D eigenvalue weighted by Crippen LogP contribution is -2.04. The van der Waals surface area contributed by atoms with Crippen LogP contribution in [0.4, 0.5) is 5.82 Å². The molecule has 144 valence electrons. The minimum Gasteiger partial charge on any atom is -0.497 e. The molecule has 0 saturated heterocycles. The van der Waals surface area contributed by atoms with E-state index < -0.39 is 0 Å². The minimum absolute atomic E-state index is 0.629. The lowest BCUT2D eigenvalue weighted by molar-refractivity contribution is 0.410. The first-order chi connectivity index (χ1) is 13.6. The SMILES string of the molecule is COc1ccc(-c2cc(Cc3ccccc3OC)c(NN=C(C)C)nn2)cc1. The van der Waals surface area contributed by atoms with Gasteiger partial charge in [-0.2, -0.15) is 5.10 Å². The third-order valence-electron chi connectivity index (χ3n) is 4.22. The van der Waals surface area contributed by atoms with E-state index in [2.05, 4.69) is 20.7 Å². The molecule has 0 fully saturated rings. The number of anilines is 1. The first-order valence-electron chi connectivity index (χ1n) is 9.00. The molecule has 6 nitrogen and oxygen atoms in total. The summed E-state index contributed by atoms with van der Waals surface area (Å²) in [7, 11) is 3.33. The summed E-state index contributed by atoms with van der Waals surface area (Å²) in [5, 5.41) is 13.0. The smallest absolute Gasteiger partial charge is 0.172 e. The number of methoxy groups -OCH3 is 2. The summed E-state index contributed by atoms with van der Waals surface area (Å²) < 4.78 is 10.7. The number of hydrazone groups is 1. The molecule has 0 radical (unpaired) electrons. The number of ether oxygens (including phenoxy) is 2. The highest BCUT2D eigenvalue weighted by Crippen LogP contribution is 2.27. The van der Waals surface area contributed by atoms with Crippen molar-refractivity contribution in [2.45, 2.75) is 20.3 Å². The monoisotopic (exact) mass is 376 g/mol. The molecular formula is C22H24N4O2. The van der Waals surface area contributed by atoms with E-state index in [4.69, 9.17) is 9.47 Å². The van der Waals surface area contributed by atoms with Gasteiger partial charge in [0.1, 0.15) is 11.5 Å². The Hall–Kier alpha value is -3.41. The zero-order valence-electron chi connectivity index (χ0n) is 16.6. The molecule has 0 atom stereocenters. The molecule has 3 aromatic rings. The second kappa shape index (κ2) is 8.99. The quantitative estimate of drug-likeness (QED) is 0.484. The highest BCUT2D eigenvalue weighted by molar-refractivity contribution is 5.79. The Morgan fingerprint density at radius 2 is 1.68 bits per heavy atom. The van der Waals surface area contributed by atoms with Crippen LogP contribution < -0.4 is 14.9 Å². The van der Waals surface area contributed by atoms with Gasteiger partial charge in [-0.05, 0) is 55.8 Å². The second-order valence-corrected chi connectivity index (χ2v) is 6.49. The fraction of sp³-hybridized carbons (Fsp3) is 0.227. The molecule has 0 aliphatic rings. The molecule has 0 amide bonds. The fourth-order valence-corrected chi connectivity index (χ4v) is 2.78. The number of nitrogens with zero attached hydrogens (tertiary/aromatic N) is 3. The molecule has 6 heteroatoms. The van der Waals surface area contributed by atoms with E-state index in [0.717, 1.165) is 39.6 Å². The summed E-state index contributed by atoms with van der Waals surface area (Å²) in [5.41, 5.74) is 7.73. The van der Waals surface area contributed by atoms with Gasteiger partial charge in [-0.3, -0.25) is 5.43 Å². The fourth-order valence-electron chi connectivity index (χ4n) is 2.78. The Bertz CT molecular complexity index is 965. The number of benzene rings is 2. The lowest BCUT2D eigenvalue weighted by Gasteiger charge is -2.12. The number of rotatable bonds is 7. The summed E-state index contributed by atoms with van der Waals surface area (Å²) in [5.74, 6) is 2.27. The average Bonchev–Trinajstić information content (AvgIpc) is 2.73. The van der Waals surface area contributed by atoms with Crippen LogP contribution in [-0.4, -0.2) is 30.1 Å². The van der Waals surface area contributed by atoms with Crippen molar-refractivity contribution >= 4 is 11.5 Å². The van der Waals surface area contributed by atoms with Gasteiger partial charge < -0.3 is 9.47 Å². The van der Waals surface area contributed by atoms with Gasteiger partial charge in [0.2, 0.25) is 0 Å². The van der Waals surface area contributed by atoms with Gasteiger partial charge in [-0.1, -0.05) is 18.2 Å². The zero-order chi connectivity index (χ0) is 19.9. The topological polar surface area (TPSA) is 68.6 Å². The Morgan fingerprint density at radius 1 is 0.929 bits per heavy atom. The minimum atomic E-state index is 0.629. The zero-order valence-corrected chi connectivity index (χ0v) is 16.6. The van der Waals surface area contributed by atoms with Crippen molar-refractivity contribution in [3.63, 3.8) is 0 Å².